The number of sulfonamides is 1. The highest BCUT2D eigenvalue weighted by Crippen LogP contribution is 2.20. The normalized spacial score (nSPS) is 14.2. The van der Waals surface area contributed by atoms with Crippen LogP contribution < -0.4 is 10.0 Å². The van der Waals surface area contributed by atoms with E-state index in [1.807, 2.05) is 0 Å². The van der Waals surface area contributed by atoms with E-state index < -0.39 is 15.8 Å². The van der Waals surface area contributed by atoms with Crippen molar-refractivity contribution in [1.82, 2.24) is 5.32 Å². The summed E-state index contributed by atoms with van der Waals surface area (Å²) in [6, 6.07) is 11.3. The number of halogens is 1. The van der Waals surface area contributed by atoms with E-state index in [4.69, 9.17) is 0 Å². The van der Waals surface area contributed by atoms with Gasteiger partial charge in [0.15, 0.2) is 0 Å². The maximum atomic E-state index is 13.0. The van der Waals surface area contributed by atoms with Crippen molar-refractivity contribution in [2.24, 2.45) is 0 Å². The Hall–Kier alpha value is -2.67. The van der Waals surface area contributed by atoms with Crippen molar-refractivity contribution in [3.63, 3.8) is 0 Å². The number of hydrogen-bond donors (Lipinski definition) is 2. The van der Waals surface area contributed by atoms with Gasteiger partial charge in [0.25, 0.3) is 10.0 Å². The van der Waals surface area contributed by atoms with Crippen LogP contribution in [0.25, 0.3) is 0 Å². The van der Waals surface area contributed by atoms with Crippen LogP contribution in [0.5, 0.6) is 0 Å². The third-order valence-corrected chi connectivity index (χ3v) is 6.25. The second-order valence-electron chi connectivity index (χ2n) is 7.14. The van der Waals surface area contributed by atoms with Gasteiger partial charge in [0.2, 0.25) is 5.91 Å². The number of allylic oxidation sites excluding steroid dienone is 1. The number of nitrogens with one attached hydrogen (secondary N) is 2. The molecule has 0 saturated heterocycles. The number of rotatable bonds is 8. The topological polar surface area (TPSA) is 75.3 Å². The largest absolute Gasteiger partial charge is 0.355 e. The maximum Gasteiger partial charge on any atom is 0.261 e. The quantitative estimate of drug-likeness (QED) is 0.634. The van der Waals surface area contributed by atoms with Gasteiger partial charge in [-0.2, -0.15) is 0 Å². The lowest BCUT2D eigenvalue weighted by molar-refractivity contribution is -0.120. The average Bonchev–Trinajstić information content (AvgIpc) is 2.70. The molecule has 2 aromatic carbocycles. The molecule has 0 aromatic heterocycles. The van der Waals surface area contributed by atoms with Gasteiger partial charge >= 0.3 is 0 Å². The summed E-state index contributed by atoms with van der Waals surface area (Å²) in [6.07, 6.45) is 8.18. The van der Waals surface area contributed by atoms with Gasteiger partial charge in [0.1, 0.15) is 5.82 Å². The van der Waals surface area contributed by atoms with Gasteiger partial charge in [-0.15, -0.1) is 0 Å². The number of amides is 1. The lowest BCUT2D eigenvalue weighted by atomic mass is 9.97. The predicted octanol–water partition coefficient (Wildman–Crippen LogP) is 4.18. The molecular formula is C22H25FN2O3S. The summed E-state index contributed by atoms with van der Waals surface area (Å²) in [5, 5.41) is 2.94. The summed E-state index contributed by atoms with van der Waals surface area (Å²) in [5.41, 5.74) is 2.60. The molecule has 0 saturated carbocycles. The SMILES string of the molecule is O=C(Cc1ccc(NS(=O)(=O)c2ccc(F)cc2)cc1)NCCC1=CCCCC1. The van der Waals surface area contributed by atoms with Gasteiger partial charge in [-0.05, 0) is 74.1 Å². The van der Waals surface area contributed by atoms with Crippen molar-refractivity contribution in [2.75, 3.05) is 11.3 Å². The first-order chi connectivity index (χ1) is 13.9. The van der Waals surface area contributed by atoms with Crippen LogP contribution in [0, 0.1) is 5.82 Å². The van der Waals surface area contributed by atoms with Gasteiger partial charge in [-0.3, -0.25) is 9.52 Å². The molecule has 1 aliphatic rings. The van der Waals surface area contributed by atoms with Crippen molar-refractivity contribution >= 4 is 21.6 Å². The Labute approximate surface area is 171 Å². The van der Waals surface area contributed by atoms with Crippen LogP contribution in [-0.2, 0) is 21.2 Å². The molecule has 7 heteroatoms. The Balaban J connectivity index is 1.49. The Morgan fingerprint density at radius 3 is 2.38 bits per heavy atom. The molecule has 0 atom stereocenters. The van der Waals surface area contributed by atoms with Gasteiger partial charge < -0.3 is 5.32 Å². The fourth-order valence-corrected chi connectivity index (χ4v) is 4.32. The molecule has 0 aliphatic heterocycles. The number of hydrogen-bond acceptors (Lipinski definition) is 3. The molecule has 1 amide bonds. The first-order valence-corrected chi connectivity index (χ1v) is 11.2. The molecule has 0 spiro atoms. The van der Waals surface area contributed by atoms with E-state index in [1.165, 1.54) is 30.5 Å². The summed E-state index contributed by atoms with van der Waals surface area (Å²) in [5.74, 6) is -0.553. The van der Waals surface area contributed by atoms with Gasteiger partial charge in [0.05, 0.1) is 11.3 Å². The zero-order valence-electron chi connectivity index (χ0n) is 16.2. The molecule has 29 heavy (non-hydrogen) atoms. The van der Waals surface area contributed by atoms with E-state index in [-0.39, 0.29) is 17.2 Å². The van der Waals surface area contributed by atoms with Gasteiger partial charge in [-0.1, -0.05) is 23.8 Å². The Bertz CT molecular complexity index is 968. The van der Waals surface area contributed by atoms with Crippen molar-refractivity contribution in [3.05, 3.63) is 71.6 Å². The molecular weight excluding hydrogens is 391 g/mol. The number of carbonyl (C=O) groups excluding carboxylic acids is 1. The molecule has 0 bridgehead atoms. The second kappa shape index (κ2) is 9.69. The molecule has 3 rings (SSSR count). The van der Waals surface area contributed by atoms with Crippen LogP contribution >= 0.6 is 0 Å². The van der Waals surface area contributed by atoms with E-state index in [9.17, 15) is 17.6 Å². The van der Waals surface area contributed by atoms with Crippen LogP contribution in [0.1, 0.15) is 37.7 Å². The van der Waals surface area contributed by atoms with Gasteiger partial charge in [-0.25, -0.2) is 12.8 Å². The predicted molar refractivity (Wildman–Crippen MR) is 112 cm³/mol. The average molecular weight is 417 g/mol. The van der Waals surface area contributed by atoms with E-state index in [0.717, 1.165) is 37.0 Å². The maximum absolute atomic E-state index is 13.0. The Kier molecular flexibility index (Phi) is 7.04. The van der Waals surface area contributed by atoms with Crippen LogP contribution in [0.2, 0.25) is 0 Å². The monoisotopic (exact) mass is 416 g/mol. The first-order valence-electron chi connectivity index (χ1n) is 9.74. The Morgan fingerprint density at radius 2 is 1.72 bits per heavy atom. The minimum Gasteiger partial charge on any atom is -0.355 e. The number of carbonyl (C=O) groups is 1. The zero-order chi connectivity index (χ0) is 20.7. The summed E-state index contributed by atoms with van der Waals surface area (Å²) in [6.45, 7) is 0.639. The molecule has 2 aromatic rings. The highest BCUT2D eigenvalue weighted by Gasteiger charge is 2.14. The molecule has 2 N–H and O–H groups in total. The summed E-state index contributed by atoms with van der Waals surface area (Å²) in [7, 11) is -3.79. The third-order valence-electron chi connectivity index (χ3n) is 4.85. The molecule has 0 radical (unpaired) electrons. The van der Waals surface area contributed by atoms with Crippen LogP contribution in [0.3, 0.4) is 0 Å². The lowest BCUT2D eigenvalue weighted by Crippen LogP contribution is -2.26. The zero-order valence-corrected chi connectivity index (χ0v) is 17.0. The summed E-state index contributed by atoms with van der Waals surface area (Å²) >= 11 is 0. The van der Waals surface area contributed by atoms with Crippen molar-refractivity contribution < 1.29 is 17.6 Å². The molecule has 5 nitrogen and oxygen atoms in total. The van der Waals surface area contributed by atoms with E-state index >= 15 is 0 Å². The van der Waals surface area contributed by atoms with Crippen LogP contribution in [0.4, 0.5) is 10.1 Å². The smallest absolute Gasteiger partial charge is 0.261 e. The minimum atomic E-state index is -3.79. The fourth-order valence-electron chi connectivity index (χ4n) is 3.26. The molecule has 154 valence electrons. The van der Waals surface area contributed by atoms with Crippen molar-refractivity contribution in [2.45, 2.75) is 43.4 Å². The molecule has 0 unspecified atom stereocenters. The molecule has 0 heterocycles. The van der Waals surface area contributed by atoms with Gasteiger partial charge in [0, 0.05) is 12.2 Å². The number of benzene rings is 2. The van der Waals surface area contributed by atoms with Crippen LogP contribution in [0.15, 0.2) is 65.1 Å². The highest BCUT2D eigenvalue weighted by molar-refractivity contribution is 7.92. The second-order valence-corrected chi connectivity index (χ2v) is 8.82. The summed E-state index contributed by atoms with van der Waals surface area (Å²) < 4.78 is 40.1. The standard InChI is InChI=1S/C22H25FN2O3S/c23-19-8-12-21(13-9-19)29(27,28)25-20-10-6-18(7-11-20)16-22(26)24-15-14-17-4-2-1-3-5-17/h4,6-13,25H,1-3,5,14-16H2,(H,24,26). The summed E-state index contributed by atoms with van der Waals surface area (Å²) in [4.78, 5) is 12.1. The van der Waals surface area contributed by atoms with E-state index in [1.54, 1.807) is 24.3 Å². The first kappa shape index (κ1) is 21.0. The van der Waals surface area contributed by atoms with E-state index in [2.05, 4.69) is 16.1 Å². The van der Waals surface area contributed by atoms with Crippen LogP contribution in [-0.4, -0.2) is 20.9 Å². The fraction of sp³-hybridized carbons (Fsp3) is 0.318. The lowest BCUT2D eigenvalue weighted by Gasteiger charge is -2.13. The van der Waals surface area contributed by atoms with Crippen molar-refractivity contribution in [3.8, 4) is 0 Å². The molecule has 1 aliphatic carbocycles. The van der Waals surface area contributed by atoms with Crippen molar-refractivity contribution in [1.29, 1.82) is 0 Å². The molecule has 0 fully saturated rings. The highest BCUT2D eigenvalue weighted by atomic mass is 32.2. The Morgan fingerprint density at radius 1 is 1.00 bits per heavy atom. The van der Waals surface area contributed by atoms with E-state index in [0.29, 0.717) is 12.2 Å². The minimum absolute atomic E-state index is 0.0181. The number of anilines is 1. The third kappa shape index (κ3) is 6.42.